The highest BCUT2D eigenvalue weighted by Gasteiger charge is 2.08. The van der Waals surface area contributed by atoms with Crippen molar-refractivity contribution in [2.75, 3.05) is 11.9 Å². The van der Waals surface area contributed by atoms with E-state index in [1.807, 2.05) is 6.92 Å². The van der Waals surface area contributed by atoms with E-state index >= 15 is 0 Å². The third-order valence-corrected chi connectivity index (χ3v) is 2.37. The number of halogens is 2. The quantitative estimate of drug-likeness (QED) is 0.921. The van der Waals surface area contributed by atoms with Crippen molar-refractivity contribution >= 4 is 5.95 Å². The molecule has 0 fully saturated rings. The Labute approximate surface area is 109 Å². The van der Waals surface area contributed by atoms with Gasteiger partial charge in [-0.05, 0) is 26.0 Å². The van der Waals surface area contributed by atoms with Gasteiger partial charge >= 0.3 is 0 Å². The Morgan fingerprint density at radius 3 is 2.74 bits per heavy atom. The second-order valence-corrected chi connectivity index (χ2v) is 3.89. The van der Waals surface area contributed by atoms with Gasteiger partial charge in [0.1, 0.15) is 5.75 Å². The zero-order chi connectivity index (χ0) is 13.8. The van der Waals surface area contributed by atoms with Gasteiger partial charge in [-0.1, -0.05) is 0 Å². The summed E-state index contributed by atoms with van der Waals surface area (Å²) in [5.41, 5.74) is 0.700. The number of hydrogen-bond donors (Lipinski definition) is 1. The molecule has 0 unspecified atom stereocenters. The molecule has 0 amide bonds. The molecule has 2 aromatic rings. The first-order valence-corrected chi connectivity index (χ1v) is 5.80. The topological polar surface area (TPSA) is 47.0 Å². The smallest absolute Gasteiger partial charge is 0.226 e. The van der Waals surface area contributed by atoms with E-state index in [0.717, 1.165) is 12.1 Å². The van der Waals surface area contributed by atoms with Gasteiger partial charge in [-0.2, -0.15) is 4.98 Å². The monoisotopic (exact) mass is 265 g/mol. The van der Waals surface area contributed by atoms with Gasteiger partial charge in [0.05, 0.1) is 0 Å². The number of nitrogens with zero attached hydrogens (tertiary/aromatic N) is 2. The van der Waals surface area contributed by atoms with Crippen molar-refractivity contribution in [2.24, 2.45) is 0 Å². The van der Waals surface area contributed by atoms with Crippen LogP contribution in [0.15, 0.2) is 24.4 Å². The minimum absolute atomic E-state index is 0.183. The number of hydrogen-bond acceptors (Lipinski definition) is 4. The van der Waals surface area contributed by atoms with Crippen molar-refractivity contribution in [3.63, 3.8) is 0 Å². The van der Waals surface area contributed by atoms with Crippen molar-refractivity contribution in [1.82, 2.24) is 9.97 Å². The first-order valence-electron chi connectivity index (χ1n) is 5.80. The Bertz CT molecular complexity index is 590. The fourth-order valence-corrected chi connectivity index (χ4v) is 1.42. The lowest BCUT2D eigenvalue weighted by atomic mass is 10.3. The largest absolute Gasteiger partial charge is 0.438 e. The Kier molecular flexibility index (Phi) is 3.89. The van der Waals surface area contributed by atoms with Crippen LogP contribution in [0.2, 0.25) is 0 Å². The minimum Gasteiger partial charge on any atom is -0.438 e. The molecule has 100 valence electrons. The third-order valence-electron chi connectivity index (χ3n) is 2.37. The van der Waals surface area contributed by atoms with E-state index in [4.69, 9.17) is 4.74 Å². The molecule has 4 nitrogen and oxygen atoms in total. The standard InChI is InChI=1S/C13H13F2N3O/c1-3-16-13-17-7-8(2)12(18-13)19-9-4-5-10(14)11(15)6-9/h4-7H,3H2,1-2H3,(H,16,17,18). The first-order chi connectivity index (χ1) is 9.10. The average Bonchev–Trinajstić information content (AvgIpc) is 2.38. The molecule has 6 heteroatoms. The van der Waals surface area contributed by atoms with Gasteiger partial charge in [0.2, 0.25) is 11.8 Å². The summed E-state index contributed by atoms with van der Waals surface area (Å²) >= 11 is 0. The highest BCUT2D eigenvalue weighted by atomic mass is 19.2. The molecule has 1 heterocycles. The van der Waals surface area contributed by atoms with E-state index in [0.29, 0.717) is 23.9 Å². The number of nitrogens with one attached hydrogen (secondary N) is 1. The van der Waals surface area contributed by atoms with Gasteiger partial charge in [0.15, 0.2) is 11.6 Å². The van der Waals surface area contributed by atoms with Crippen molar-refractivity contribution < 1.29 is 13.5 Å². The summed E-state index contributed by atoms with van der Waals surface area (Å²) in [7, 11) is 0. The van der Waals surface area contributed by atoms with E-state index in [2.05, 4.69) is 15.3 Å². The summed E-state index contributed by atoms with van der Waals surface area (Å²) < 4.78 is 31.3. The lowest BCUT2D eigenvalue weighted by molar-refractivity contribution is 0.444. The summed E-state index contributed by atoms with van der Waals surface area (Å²) in [6, 6.07) is 3.32. The van der Waals surface area contributed by atoms with Gasteiger partial charge in [0.25, 0.3) is 0 Å². The highest BCUT2D eigenvalue weighted by molar-refractivity contribution is 5.36. The van der Waals surface area contributed by atoms with Crippen LogP contribution in [-0.2, 0) is 0 Å². The average molecular weight is 265 g/mol. The zero-order valence-electron chi connectivity index (χ0n) is 10.6. The van der Waals surface area contributed by atoms with Gasteiger partial charge < -0.3 is 10.1 Å². The summed E-state index contributed by atoms with van der Waals surface area (Å²) in [6.45, 7) is 4.36. The minimum atomic E-state index is -0.962. The molecule has 2 rings (SSSR count). The number of aromatic nitrogens is 2. The lowest BCUT2D eigenvalue weighted by Crippen LogP contribution is -2.03. The fourth-order valence-electron chi connectivity index (χ4n) is 1.42. The lowest BCUT2D eigenvalue weighted by Gasteiger charge is -2.09. The maximum atomic E-state index is 13.1. The van der Waals surface area contributed by atoms with Crippen LogP contribution in [0.4, 0.5) is 14.7 Å². The normalized spacial score (nSPS) is 10.3. The number of anilines is 1. The number of rotatable bonds is 4. The number of ether oxygens (including phenoxy) is 1. The molecular formula is C13H13F2N3O. The molecular weight excluding hydrogens is 252 g/mol. The van der Waals surface area contributed by atoms with Crippen LogP contribution in [-0.4, -0.2) is 16.5 Å². The molecule has 0 bridgehead atoms. The third kappa shape index (κ3) is 3.15. The first kappa shape index (κ1) is 13.2. The molecule has 0 atom stereocenters. The molecule has 0 aliphatic carbocycles. The predicted molar refractivity (Wildman–Crippen MR) is 67.4 cm³/mol. The molecule has 1 aromatic carbocycles. The maximum absolute atomic E-state index is 13.1. The molecule has 0 spiro atoms. The molecule has 1 aromatic heterocycles. The molecule has 0 aliphatic rings. The van der Waals surface area contributed by atoms with Crippen LogP contribution >= 0.6 is 0 Å². The van der Waals surface area contributed by atoms with Crippen LogP contribution in [0.3, 0.4) is 0 Å². The molecule has 0 saturated carbocycles. The van der Waals surface area contributed by atoms with Crippen LogP contribution in [0.1, 0.15) is 12.5 Å². The fraction of sp³-hybridized carbons (Fsp3) is 0.231. The van der Waals surface area contributed by atoms with Gasteiger partial charge in [-0.3, -0.25) is 0 Å². The van der Waals surface area contributed by atoms with Crippen molar-refractivity contribution in [3.05, 3.63) is 41.6 Å². The molecule has 0 saturated heterocycles. The zero-order valence-corrected chi connectivity index (χ0v) is 10.6. The Morgan fingerprint density at radius 2 is 2.05 bits per heavy atom. The predicted octanol–water partition coefficient (Wildman–Crippen LogP) is 3.29. The van der Waals surface area contributed by atoms with Crippen molar-refractivity contribution in [2.45, 2.75) is 13.8 Å². The van der Waals surface area contributed by atoms with E-state index < -0.39 is 11.6 Å². The molecule has 0 aliphatic heterocycles. The van der Waals surface area contributed by atoms with E-state index in [1.165, 1.54) is 6.07 Å². The van der Waals surface area contributed by atoms with Crippen molar-refractivity contribution in [3.8, 4) is 11.6 Å². The molecule has 19 heavy (non-hydrogen) atoms. The summed E-state index contributed by atoms with van der Waals surface area (Å²) in [5, 5.41) is 2.95. The van der Waals surface area contributed by atoms with Crippen LogP contribution in [0, 0.1) is 18.6 Å². The Morgan fingerprint density at radius 1 is 1.26 bits per heavy atom. The highest BCUT2D eigenvalue weighted by Crippen LogP contribution is 2.24. The van der Waals surface area contributed by atoms with Gasteiger partial charge in [0, 0.05) is 24.4 Å². The van der Waals surface area contributed by atoms with E-state index in [1.54, 1.807) is 13.1 Å². The van der Waals surface area contributed by atoms with Crippen LogP contribution < -0.4 is 10.1 Å². The van der Waals surface area contributed by atoms with Crippen molar-refractivity contribution in [1.29, 1.82) is 0 Å². The second kappa shape index (κ2) is 5.60. The van der Waals surface area contributed by atoms with Gasteiger partial charge in [-0.15, -0.1) is 0 Å². The SMILES string of the molecule is CCNc1ncc(C)c(Oc2ccc(F)c(F)c2)n1. The Hall–Kier alpha value is -2.24. The molecule has 1 N–H and O–H groups in total. The van der Waals surface area contributed by atoms with E-state index in [9.17, 15) is 8.78 Å². The number of aryl methyl sites for hydroxylation is 1. The second-order valence-electron chi connectivity index (χ2n) is 3.89. The summed E-state index contributed by atoms with van der Waals surface area (Å²) in [6.07, 6.45) is 1.60. The van der Waals surface area contributed by atoms with Crippen LogP contribution in [0.25, 0.3) is 0 Å². The number of benzene rings is 1. The molecule has 0 radical (unpaired) electrons. The summed E-state index contributed by atoms with van der Waals surface area (Å²) in [5.74, 6) is -0.970. The van der Waals surface area contributed by atoms with E-state index in [-0.39, 0.29) is 5.75 Å². The summed E-state index contributed by atoms with van der Waals surface area (Å²) in [4.78, 5) is 8.21. The van der Waals surface area contributed by atoms with Crippen LogP contribution in [0.5, 0.6) is 11.6 Å². The van der Waals surface area contributed by atoms with Gasteiger partial charge in [-0.25, -0.2) is 13.8 Å². The Balaban J connectivity index is 2.26. The maximum Gasteiger partial charge on any atom is 0.226 e.